The summed E-state index contributed by atoms with van der Waals surface area (Å²) in [5, 5.41) is 10.2. The van der Waals surface area contributed by atoms with Crippen molar-refractivity contribution in [2.24, 2.45) is 5.92 Å². The number of aliphatic hydroxyl groups excluding tert-OH is 1. The van der Waals surface area contributed by atoms with Gasteiger partial charge in [0.25, 0.3) is 0 Å². The van der Waals surface area contributed by atoms with E-state index in [0.717, 1.165) is 0 Å². The van der Waals surface area contributed by atoms with Crippen LogP contribution in [0.5, 0.6) is 0 Å². The Hall–Kier alpha value is -0.330. The summed E-state index contributed by atoms with van der Waals surface area (Å²) in [5.74, 6) is 0.157. The Balaban J connectivity index is 2.19. The van der Waals surface area contributed by atoms with Crippen LogP contribution < -0.4 is 0 Å². The molecule has 0 spiro atoms. The van der Waals surface area contributed by atoms with E-state index in [-0.39, 0.29) is 10.8 Å². The van der Waals surface area contributed by atoms with Crippen molar-refractivity contribution in [1.82, 2.24) is 4.31 Å². The quantitative estimate of drug-likeness (QED) is 0.922. The fraction of sp³-hybridized carbons (Fsp3) is 0.538. The van der Waals surface area contributed by atoms with E-state index in [1.54, 1.807) is 6.92 Å². The average molecular weight is 338 g/mol. The van der Waals surface area contributed by atoms with Gasteiger partial charge >= 0.3 is 0 Å². The predicted molar refractivity (Wildman–Crippen MR) is 79.6 cm³/mol. The van der Waals surface area contributed by atoms with Gasteiger partial charge in [0.05, 0.1) is 11.0 Å². The van der Waals surface area contributed by atoms with Gasteiger partial charge in [0.2, 0.25) is 10.0 Å². The Bertz CT molecular complexity index is 561. The Morgan fingerprint density at radius 3 is 2.15 bits per heavy atom. The van der Waals surface area contributed by atoms with Crippen molar-refractivity contribution in [2.45, 2.75) is 30.8 Å². The summed E-state index contributed by atoms with van der Waals surface area (Å²) in [7, 11) is -3.57. The van der Waals surface area contributed by atoms with E-state index >= 15 is 0 Å². The van der Waals surface area contributed by atoms with Crippen LogP contribution in [0.4, 0.5) is 0 Å². The average Bonchev–Trinajstić information content (AvgIpc) is 2.37. The van der Waals surface area contributed by atoms with E-state index < -0.39 is 16.1 Å². The second kappa shape index (κ2) is 6.20. The first-order valence-corrected chi connectivity index (χ1v) is 8.64. The zero-order chi connectivity index (χ0) is 14.9. The second-order valence-corrected chi connectivity index (χ2v) is 7.90. The number of halogens is 2. The van der Waals surface area contributed by atoms with Crippen LogP contribution in [-0.4, -0.2) is 37.0 Å². The van der Waals surface area contributed by atoms with Crippen molar-refractivity contribution in [3.63, 3.8) is 0 Å². The summed E-state index contributed by atoms with van der Waals surface area (Å²) >= 11 is 11.7. The molecule has 7 heteroatoms. The minimum atomic E-state index is -3.57. The molecule has 0 aromatic heterocycles. The Morgan fingerprint density at radius 2 is 1.70 bits per heavy atom. The maximum absolute atomic E-state index is 12.5. The van der Waals surface area contributed by atoms with Gasteiger partial charge in [0.15, 0.2) is 0 Å². The molecule has 1 N–H and O–H groups in total. The lowest BCUT2D eigenvalue weighted by Crippen LogP contribution is -2.40. The third-order valence-electron chi connectivity index (χ3n) is 3.65. The Labute approximate surface area is 129 Å². The standard InChI is InChI=1S/C13H17Cl2NO3S/c1-9(17)10-2-4-16(5-3-10)20(18,19)13-7-11(14)6-12(15)8-13/h6-10,17H,2-5H2,1H3. The van der Waals surface area contributed by atoms with Crippen molar-refractivity contribution in [2.75, 3.05) is 13.1 Å². The van der Waals surface area contributed by atoms with Crippen LogP contribution in [0.25, 0.3) is 0 Å². The molecule has 1 fully saturated rings. The van der Waals surface area contributed by atoms with E-state index in [9.17, 15) is 13.5 Å². The van der Waals surface area contributed by atoms with Crippen molar-refractivity contribution in [3.8, 4) is 0 Å². The molecule has 112 valence electrons. The smallest absolute Gasteiger partial charge is 0.243 e. The Morgan fingerprint density at radius 1 is 1.20 bits per heavy atom. The van der Waals surface area contributed by atoms with E-state index in [2.05, 4.69) is 0 Å². The van der Waals surface area contributed by atoms with E-state index in [1.807, 2.05) is 0 Å². The van der Waals surface area contributed by atoms with Gasteiger partial charge in [0.1, 0.15) is 0 Å². The van der Waals surface area contributed by atoms with Crippen molar-refractivity contribution >= 4 is 33.2 Å². The van der Waals surface area contributed by atoms with Crippen LogP contribution in [0, 0.1) is 5.92 Å². The molecular weight excluding hydrogens is 321 g/mol. The lowest BCUT2D eigenvalue weighted by Gasteiger charge is -2.32. The van der Waals surface area contributed by atoms with Gasteiger partial charge in [0, 0.05) is 23.1 Å². The van der Waals surface area contributed by atoms with Crippen LogP contribution in [0.1, 0.15) is 19.8 Å². The molecule has 1 unspecified atom stereocenters. The highest BCUT2D eigenvalue weighted by atomic mass is 35.5. The molecule has 0 aliphatic carbocycles. The summed E-state index contributed by atoms with van der Waals surface area (Å²) in [4.78, 5) is 0.116. The largest absolute Gasteiger partial charge is 0.393 e. The number of benzene rings is 1. The molecule has 2 rings (SSSR count). The van der Waals surface area contributed by atoms with Crippen molar-refractivity contribution in [1.29, 1.82) is 0 Å². The maximum atomic E-state index is 12.5. The topological polar surface area (TPSA) is 57.6 Å². The molecular formula is C13H17Cl2NO3S. The van der Waals surface area contributed by atoms with Gasteiger partial charge in [-0.05, 0) is 43.9 Å². The molecule has 1 aromatic rings. The molecule has 1 heterocycles. The molecule has 0 amide bonds. The molecule has 1 aromatic carbocycles. The maximum Gasteiger partial charge on any atom is 0.243 e. The number of hydrogen-bond donors (Lipinski definition) is 1. The Kier molecular flexibility index (Phi) is 4.97. The number of sulfonamides is 1. The second-order valence-electron chi connectivity index (χ2n) is 5.09. The first kappa shape index (κ1) is 16.0. The van der Waals surface area contributed by atoms with Crippen LogP contribution in [0.2, 0.25) is 10.0 Å². The van der Waals surface area contributed by atoms with Gasteiger partial charge in [-0.2, -0.15) is 4.31 Å². The van der Waals surface area contributed by atoms with Gasteiger partial charge in [-0.3, -0.25) is 0 Å². The highest BCUT2D eigenvalue weighted by molar-refractivity contribution is 7.89. The van der Waals surface area contributed by atoms with Gasteiger partial charge in [-0.25, -0.2) is 8.42 Å². The number of hydrogen-bond acceptors (Lipinski definition) is 3. The summed E-state index contributed by atoms with van der Waals surface area (Å²) in [6, 6.07) is 4.31. The molecule has 4 nitrogen and oxygen atoms in total. The lowest BCUT2D eigenvalue weighted by molar-refractivity contribution is 0.0912. The number of nitrogens with zero attached hydrogens (tertiary/aromatic N) is 1. The molecule has 0 bridgehead atoms. The van der Waals surface area contributed by atoms with E-state index in [1.165, 1.54) is 22.5 Å². The van der Waals surface area contributed by atoms with Crippen molar-refractivity contribution < 1.29 is 13.5 Å². The molecule has 1 atom stereocenters. The lowest BCUT2D eigenvalue weighted by atomic mass is 9.93. The van der Waals surface area contributed by atoms with Gasteiger partial charge < -0.3 is 5.11 Å². The molecule has 0 radical (unpaired) electrons. The van der Waals surface area contributed by atoms with Crippen LogP contribution in [-0.2, 0) is 10.0 Å². The summed E-state index contributed by atoms with van der Waals surface area (Å²) in [6.45, 7) is 2.55. The SMILES string of the molecule is CC(O)C1CCN(S(=O)(=O)c2cc(Cl)cc(Cl)c2)CC1. The number of rotatable bonds is 3. The number of aliphatic hydroxyl groups is 1. The van der Waals surface area contributed by atoms with Gasteiger partial charge in [-0.15, -0.1) is 0 Å². The van der Waals surface area contributed by atoms with E-state index in [0.29, 0.717) is 36.0 Å². The monoisotopic (exact) mass is 337 g/mol. The van der Waals surface area contributed by atoms with Crippen LogP contribution >= 0.6 is 23.2 Å². The zero-order valence-corrected chi connectivity index (χ0v) is 13.4. The number of piperidine rings is 1. The molecule has 1 aliphatic rings. The molecule has 0 saturated carbocycles. The molecule has 20 heavy (non-hydrogen) atoms. The highest BCUT2D eigenvalue weighted by Gasteiger charge is 2.31. The predicted octanol–water partition coefficient (Wildman–Crippen LogP) is 2.77. The van der Waals surface area contributed by atoms with Gasteiger partial charge in [-0.1, -0.05) is 23.2 Å². The van der Waals surface area contributed by atoms with Crippen LogP contribution in [0.3, 0.4) is 0 Å². The molecule has 1 aliphatic heterocycles. The third kappa shape index (κ3) is 3.46. The fourth-order valence-corrected chi connectivity index (χ4v) is 4.62. The highest BCUT2D eigenvalue weighted by Crippen LogP contribution is 2.28. The summed E-state index contributed by atoms with van der Waals surface area (Å²) in [6.07, 6.45) is 0.914. The van der Waals surface area contributed by atoms with Crippen LogP contribution in [0.15, 0.2) is 23.1 Å². The first-order chi connectivity index (χ1) is 9.30. The zero-order valence-electron chi connectivity index (χ0n) is 11.1. The summed E-state index contributed by atoms with van der Waals surface area (Å²) < 4.78 is 26.5. The minimum Gasteiger partial charge on any atom is -0.393 e. The minimum absolute atomic E-state index is 0.116. The fourth-order valence-electron chi connectivity index (χ4n) is 2.43. The van der Waals surface area contributed by atoms with E-state index in [4.69, 9.17) is 23.2 Å². The third-order valence-corrected chi connectivity index (χ3v) is 5.97. The summed E-state index contributed by atoms with van der Waals surface area (Å²) in [5.41, 5.74) is 0. The normalized spacial score (nSPS) is 20.0. The van der Waals surface area contributed by atoms with Crippen molar-refractivity contribution in [3.05, 3.63) is 28.2 Å². The first-order valence-electron chi connectivity index (χ1n) is 6.45. The molecule has 1 saturated heterocycles.